The predicted octanol–water partition coefficient (Wildman–Crippen LogP) is 2.77. The van der Waals surface area contributed by atoms with E-state index >= 15 is 0 Å². The topological polar surface area (TPSA) is 33.0 Å². The highest BCUT2D eigenvalue weighted by atomic mass is 16.5. The van der Waals surface area contributed by atoms with Crippen molar-refractivity contribution in [3.63, 3.8) is 0 Å². The van der Waals surface area contributed by atoms with Gasteiger partial charge in [0.1, 0.15) is 5.75 Å². The average Bonchev–Trinajstić information content (AvgIpc) is 2.17. The van der Waals surface area contributed by atoms with Crippen LogP contribution in [0.5, 0.6) is 5.75 Å². The van der Waals surface area contributed by atoms with Crippen LogP contribution in [-0.2, 0) is 6.42 Å². The number of rotatable bonds is 3. The quantitative estimate of drug-likeness (QED) is 0.732. The number of ether oxygens (including phenoxy) is 1. The predicted molar refractivity (Wildman–Crippen MR) is 56.3 cm³/mol. The fraction of sp³-hybridized carbons (Fsp3) is 0.417. The zero-order valence-corrected chi connectivity index (χ0v) is 8.87. The molecule has 14 heavy (non-hydrogen) atoms. The molecule has 0 radical (unpaired) electrons. The van der Waals surface area contributed by atoms with Gasteiger partial charge >= 0.3 is 0 Å². The summed E-state index contributed by atoms with van der Waals surface area (Å²) in [7, 11) is 1.64. The molecule has 1 aromatic rings. The highest BCUT2D eigenvalue weighted by molar-refractivity contribution is 5.42. The molecule has 0 spiro atoms. The molecule has 1 aromatic carbocycles. The maximum atomic E-state index is 8.72. The van der Waals surface area contributed by atoms with Gasteiger partial charge in [-0.1, -0.05) is 19.9 Å². The molecule has 0 fully saturated rings. The van der Waals surface area contributed by atoms with Crippen LogP contribution in [0.3, 0.4) is 0 Å². The summed E-state index contributed by atoms with van der Waals surface area (Å²) in [4.78, 5) is 0. The van der Waals surface area contributed by atoms with Gasteiger partial charge in [0.05, 0.1) is 18.7 Å². The Balaban J connectivity index is 3.00. The van der Waals surface area contributed by atoms with Gasteiger partial charge in [0, 0.05) is 0 Å². The van der Waals surface area contributed by atoms with Gasteiger partial charge in [-0.05, 0) is 30.0 Å². The third-order valence-corrected chi connectivity index (χ3v) is 2.04. The minimum Gasteiger partial charge on any atom is -0.496 e. The summed E-state index contributed by atoms with van der Waals surface area (Å²) in [5, 5.41) is 8.72. The molecule has 0 heterocycles. The van der Waals surface area contributed by atoms with E-state index in [1.807, 2.05) is 12.1 Å². The molecule has 0 bridgehead atoms. The van der Waals surface area contributed by atoms with Crippen molar-refractivity contribution in [1.29, 1.82) is 5.26 Å². The standard InChI is InChI=1S/C12H15NO/c1-9(2)6-11-5-4-10(8-13)7-12(11)14-3/h4-5,7,9H,6H2,1-3H3. The van der Waals surface area contributed by atoms with Crippen molar-refractivity contribution in [3.05, 3.63) is 29.3 Å². The zero-order chi connectivity index (χ0) is 10.6. The van der Waals surface area contributed by atoms with Gasteiger partial charge < -0.3 is 4.74 Å². The first-order valence-corrected chi connectivity index (χ1v) is 4.74. The van der Waals surface area contributed by atoms with Crippen molar-refractivity contribution in [1.82, 2.24) is 0 Å². The number of hydrogen-bond donors (Lipinski definition) is 0. The third-order valence-electron chi connectivity index (χ3n) is 2.04. The van der Waals surface area contributed by atoms with Crippen LogP contribution in [0.15, 0.2) is 18.2 Å². The van der Waals surface area contributed by atoms with Crippen molar-refractivity contribution in [3.8, 4) is 11.8 Å². The first-order chi connectivity index (χ1) is 6.67. The number of nitrogens with zero attached hydrogens (tertiary/aromatic N) is 1. The summed E-state index contributed by atoms with van der Waals surface area (Å²) < 4.78 is 5.24. The second-order valence-corrected chi connectivity index (χ2v) is 3.74. The van der Waals surface area contributed by atoms with Crippen molar-refractivity contribution < 1.29 is 4.74 Å². The van der Waals surface area contributed by atoms with Crippen molar-refractivity contribution >= 4 is 0 Å². The van der Waals surface area contributed by atoms with Crippen molar-refractivity contribution in [2.75, 3.05) is 7.11 Å². The Morgan fingerprint density at radius 3 is 2.64 bits per heavy atom. The van der Waals surface area contributed by atoms with Gasteiger partial charge in [-0.25, -0.2) is 0 Å². The Labute approximate surface area is 85.1 Å². The summed E-state index contributed by atoms with van der Waals surface area (Å²) in [6.45, 7) is 4.33. The Morgan fingerprint density at radius 1 is 1.43 bits per heavy atom. The molecule has 0 N–H and O–H groups in total. The van der Waals surface area contributed by atoms with Crippen LogP contribution in [-0.4, -0.2) is 7.11 Å². The molecule has 0 atom stereocenters. The Hall–Kier alpha value is -1.49. The summed E-state index contributed by atoms with van der Waals surface area (Å²) in [5.74, 6) is 1.41. The molecule has 0 saturated carbocycles. The van der Waals surface area contributed by atoms with E-state index in [1.165, 1.54) is 5.56 Å². The third kappa shape index (κ3) is 2.50. The fourth-order valence-corrected chi connectivity index (χ4v) is 1.42. The zero-order valence-electron chi connectivity index (χ0n) is 8.87. The average molecular weight is 189 g/mol. The molecule has 2 heteroatoms. The van der Waals surface area contributed by atoms with E-state index in [9.17, 15) is 0 Å². The summed E-state index contributed by atoms with van der Waals surface area (Å²) in [6.07, 6.45) is 0.981. The maximum absolute atomic E-state index is 8.72. The number of nitriles is 1. The lowest BCUT2D eigenvalue weighted by atomic mass is 10.0. The number of benzene rings is 1. The highest BCUT2D eigenvalue weighted by Crippen LogP contribution is 2.22. The lowest BCUT2D eigenvalue weighted by Gasteiger charge is -2.10. The summed E-state index contributed by atoms with van der Waals surface area (Å²) in [5.41, 5.74) is 1.82. The van der Waals surface area contributed by atoms with Gasteiger partial charge in [-0.3, -0.25) is 0 Å². The first-order valence-electron chi connectivity index (χ1n) is 4.74. The number of methoxy groups -OCH3 is 1. The van der Waals surface area contributed by atoms with Crippen LogP contribution in [0.4, 0.5) is 0 Å². The summed E-state index contributed by atoms with van der Waals surface area (Å²) >= 11 is 0. The van der Waals surface area contributed by atoms with Crippen LogP contribution < -0.4 is 4.74 Å². The highest BCUT2D eigenvalue weighted by Gasteiger charge is 2.05. The van der Waals surface area contributed by atoms with Crippen molar-refractivity contribution in [2.24, 2.45) is 5.92 Å². The van der Waals surface area contributed by atoms with Crippen LogP contribution in [0.1, 0.15) is 25.0 Å². The van der Waals surface area contributed by atoms with E-state index in [2.05, 4.69) is 19.9 Å². The second-order valence-electron chi connectivity index (χ2n) is 3.74. The van der Waals surface area contributed by atoms with E-state index < -0.39 is 0 Å². The lowest BCUT2D eigenvalue weighted by molar-refractivity contribution is 0.406. The molecule has 0 aliphatic heterocycles. The molecule has 0 aromatic heterocycles. The molecular formula is C12H15NO. The molecule has 0 aliphatic carbocycles. The minimum atomic E-state index is 0.594. The van der Waals surface area contributed by atoms with E-state index in [4.69, 9.17) is 10.00 Å². The SMILES string of the molecule is COc1cc(C#N)ccc1CC(C)C. The molecule has 0 unspecified atom stereocenters. The Kier molecular flexibility index (Phi) is 3.53. The molecular weight excluding hydrogens is 174 g/mol. The monoisotopic (exact) mass is 189 g/mol. The second kappa shape index (κ2) is 4.66. The van der Waals surface area contributed by atoms with E-state index in [0.29, 0.717) is 11.5 Å². The number of hydrogen-bond acceptors (Lipinski definition) is 2. The molecule has 0 aliphatic rings. The largest absolute Gasteiger partial charge is 0.496 e. The van der Waals surface area contributed by atoms with E-state index in [-0.39, 0.29) is 0 Å². The minimum absolute atomic E-state index is 0.594. The van der Waals surface area contributed by atoms with Crippen LogP contribution >= 0.6 is 0 Å². The van der Waals surface area contributed by atoms with Gasteiger partial charge in [-0.15, -0.1) is 0 Å². The van der Waals surface area contributed by atoms with Gasteiger partial charge in [0.25, 0.3) is 0 Å². The normalized spacial score (nSPS) is 9.93. The molecule has 74 valence electrons. The Bertz CT molecular complexity index is 350. The Morgan fingerprint density at radius 2 is 2.14 bits per heavy atom. The van der Waals surface area contributed by atoms with Gasteiger partial charge in [0.2, 0.25) is 0 Å². The van der Waals surface area contributed by atoms with Crippen molar-refractivity contribution in [2.45, 2.75) is 20.3 Å². The maximum Gasteiger partial charge on any atom is 0.123 e. The molecule has 2 nitrogen and oxygen atoms in total. The summed E-state index contributed by atoms with van der Waals surface area (Å²) in [6, 6.07) is 7.69. The van der Waals surface area contributed by atoms with Crippen LogP contribution in [0, 0.1) is 17.2 Å². The van der Waals surface area contributed by atoms with E-state index in [0.717, 1.165) is 12.2 Å². The fourth-order valence-electron chi connectivity index (χ4n) is 1.42. The molecule has 0 amide bonds. The lowest BCUT2D eigenvalue weighted by Crippen LogP contribution is -1.98. The van der Waals surface area contributed by atoms with Crippen LogP contribution in [0.2, 0.25) is 0 Å². The first kappa shape index (κ1) is 10.6. The smallest absolute Gasteiger partial charge is 0.123 e. The van der Waals surface area contributed by atoms with Gasteiger partial charge in [-0.2, -0.15) is 5.26 Å². The molecule has 1 rings (SSSR count). The van der Waals surface area contributed by atoms with E-state index in [1.54, 1.807) is 13.2 Å². The van der Waals surface area contributed by atoms with Gasteiger partial charge in [0.15, 0.2) is 0 Å². The molecule has 0 saturated heterocycles. The van der Waals surface area contributed by atoms with Crippen LogP contribution in [0.25, 0.3) is 0 Å².